The summed E-state index contributed by atoms with van der Waals surface area (Å²) in [7, 11) is 0. The molecule has 1 N–H and O–H groups in total. The molecule has 0 saturated carbocycles. The van der Waals surface area contributed by atoms with Gasteiger partial charge in [-0.3, -0.25) is 0 Å². The molecule has 1 nitrogen and oxygen atoms in total. The molecule has 0 aliphatic heterocycles. The highest BCUT2D eigenvalue weighted by molar-refractivity contribution is 6.30. The number of hydrogen-bond acceptors (Lipinski definition) is 1. The van der Waals surface area contributed by atoms with Crippen molar-refractivity contribution in [1.29, 1.82) is 0 Å². The fraction of sp³-hybridized carbons (Fsp3) is 0.294. The minimum absolute atomic E-state index is 0.171. The van der Waals surface area contributed by atoms with E-state index in [-0.39, 0.29) is 11.9 Å². The molecule has 106 valence electrons. The standard InChI is InChI=1S/C17H19ClFN/c1-3-9-20-12(2)16-8-7-15(19)11-17(16)13-5-4-6-14(18)10-13/h4-8,10-12,20H,3,9H2,1-2H3. The van der Waals surface area contributed by atoms with E-state index in [0.717, 1.165) is 29.7 Å². The van der Waals surface area contributed by atoms with E-state index in [9.17, 15) is 4.39 Å². The van der Waals surface area contributed by atoms with Gasteiger partial charge in [-0.2, -0.15) is 0 Å². The van der Waals surface area contributed by atoms with Crippen LogP contribution < -0.4 is 5.32 Å². The summed E-state index contributed by atoms with van der Waals surface area (Å²) in [5, 5.41) is 4.10. The molecular weight excluding hydrogens is 273 g/mol. The highest BCUT2D eigenvalue weighted by Crippen LogP contribution is 2.30. The summed E-state index contributed by atoms with van der Waals surface area (Å²) in [6.07, 6.45) is 1.07. The van der Waals surface area contributed by atoms with Gasteiger partial charge in [-0.15, -0.1) is 0 Å². The summed E-state index contributed by atoms with van der Waals surface area (Å²) < 4.78 is 13.6. The summed E-state index contributed by atoms with van der Waals surface area (Å²) in [5.74, 6) is -0.230. The Bertz CT molecular complexity index is 583. The molecule has 1 unspecified atom stereocenters. The number of halogens is 2. The molecule has 2 aromatic carbocycles. The molecule has 0 aliphatic rings. The Morgan fingerprint density at radius 3 is 2.70 bits per heavy atom. The number of benzene rings is 2. The van der Waals surface area contributed by atoms with Crippen LogP contribution in [0.2, 0.25) is 5.02 Å². The van der Waals surface area contributed by atoms with E-state index in [1.165, 1.54) is 6.07 Å². The third kappa shape index (κ3) is 3.59. The zero-order chi connectivity index (χ0) is 14.5. The van der Waals surface area contributed by atoms with Gasteiger partial charge in [-0.1, -0.05) is 36.7 Å². The maximum atomic E-state index is 13.6. The molecule has 20 heavy (non-hydrogen) atoms. The van der Waals surface area contributed by atoms with Gasteiger partial charge in [0.2, 0.25) is 0 Å². The van der Waals surface area contributed by atoms with Crippen molar-refractivity contribution in [3.8, 4) is 11.1 Å². The lowest BCUT2D eigenvalue weighted by molar-refractivity contribution is 0.569. The van der Waals surface area contributed by atoms with Crippen LogP contribution in [-0.2, 0) is 0 Å². The predicted molar refractivity (Wildman–Crippen MR) is 83.6 cm³/mol. The second-order valence-electron chi connectivity index (χ2n) is 4.92. The predicted octanol–water partition coefficient (Wildman–Crippen LogP) is 5.21. The van der Waals surface area contributed by atoms with E-state index in [1.807, 2.05) is 30.3 Å². The maximum Gasteiger partial charge on any atom is 0.123 e. The molecule has 0 aliphatic carbocycles. The Morgan fingerprint density at radius 2 is 2.00 bits per heavy atom. The van der Waals surface area contributed by atoms with Gasteiger partial charge >= 0.3 is 0 Å². The first-order valence-corrected chi connectivity index (χ1v) is 7.28. The smallest absolute Gasteiger partial charge is 0.123 e. The van der Waals surface area contributed by atoms with Gasteiger partial charge in [0, 0.05) is 11.1 Å². The molecule has 2 aromatic rings. The third-order valence-electron chi connectivity index (χ3n) is 3.32. The van der Waals surface area contributed by atoms with Crippen LogP contribution in [0, 0.1) is 5.82 Å². The lowest BCUT2D eigenvalue weighted by Crippen LogP contribution is -2.20. The molecule has 1 atom stereocenters. The van der Waals surface area contributed by atoms with Crippen molar-refractivity contribution < 1.29 is 4.39 Å². The van der Waals surface area contributed by atoms with Crippen LogP contribution in [0.1, 0.15) is 31.9 Å². The van der Waals surface area contributed by atoms with Crippen molar-refractivity contribution in [2.75, 3.05) is 6.54 Å². The second-order valence-corrected chi connectivity index (χ2v) is 5.35. The minimum Gasteiger partial charge on any atom is -0.310 e. The van der Waals surface area contributed by atoms with Crippen LogP contribution in [0.3, 0.4) is 0 Å². The topological polar surface area (TPSA) is 12.0 Å². The number of nitrogens with one attached hydrogen (secondary N) is 1. The molecular formula is C17H19ClFN. The molecule has 0 bridgehead atoms. The highest BCUT2D eigenvalue weighted by Gasteiger charge is 2.12. The van der Waals surface area contributed by atoms with E-state index in [0.29, 0.717) is 5.02 Å². The van der Waals surface area contributed by atoms with Gasteiger partial charge in [0.25, 0.3) is 0 Å². The Kier molecular flexibility index (Phi) is 5.16. The van der Waals surface area contributed by atoms with Crippen molar-refractivity contribution in [2.45, 2.75) is 26.3 Å². The van der Waals surface area contributed by atoms with E-state index in [2.05, 4.69) is 19.2 Å². The average Bonchev–Trinajstić information content (AvgIpc) is 2.44. The number of hydrogen-bond donors (Lipinski definition) is 1. The quantitative estimate of drug-likeness (QED) is 0.797. The van der Waals surface area contributed by atoms with Crippen LogP contribution in [0.5, 0.6) is 0 Å². The van der Waals surface area contributed by atoms with E-state index in [1.54, 1.807) is 6.07 Å². The van der Waals surface area contributed by atoms with Crippen LogP contribution >= 0.6 is 11.6 Å². The Hall–Kier alpha value is -1.38. The molecule has 0 heterocycles. The fourth-order valence-electron chi connectivity index (χ4n) is 2.28. The average molecular weight is 292 g/mol. The lowest BCUT2D eigenvalue weighted by atomic mass is 9.95. The van der Waals surface area contributed by atoms with Gasteiger partial charge in [-0.05, 0) is 60.8 Å². The van der Waals surface area contributed by atoms with Crippen molar-refractivity contribution in [3.05, 3.63) is 58.9 Å². The second kappa shape index (κ2) is 6.87. The molecule has 0 aromatic heterocycles. The summed E-state index contributed by atoms with van der Waals surface area (Å²) in [6, 6.07) is 12.6. The Labute approximate surface area is 124 Å². The van der Waals surface area contributed by atoms with Crippen LogP contribution in [0.4, 0.5) is 4.39 Å². The van der Waals surface area contributed by atoms with Gasteiger partial charge in [0.1, 0.15) is 5.82 Å². The van der Waals surface area contributed by atoms with Gasteiger partial charge < -0.3 is 5.32 Å². The molecule has 0 saturated heterocycles. The van der Waals surface area contributed by atoms with Gasteiger partial charge in [0.15, 0.2) is 0 Å². The van der Waals surface area contributed by atoms with Crippen molar-refractivity contribution in [1.82, 2.24) is 5.32 Å². The number of rotatable bonds is 5. The zero-order valence-corrected chi connectivity index (χ0v) is 12.5. The minimum atomic E-state index is -0.230. The Morgan fingerprint density at radius 1 is 1.20 bits per heavy atom. The SMILES string of the molecule is CCCNC(C)c1ccc(F)cc1-c1cccc(Cl)c1. The first-order valence-electron chi connectivity index (χ1n) is 6.90. The van der Waals surface area contributed by atoms with Crippen molar-refractivity contribution in [2.24, 2.45) is 0 Å². The highest BCUT2D eigenvalue weighted by atomic mass is 35.5. The fourth-order valence-corrected chi connectivity index (χ4v) is 2.47. The van der Waals surface area contributed by atoms with Gasteiger partial charge in [0.05, 0.1) is 0 Å². The molecule has 0 spiro atoms. The summed E-state index contributed by atoms with van der Waals surface area (Å²) in [6.45, 7) is 5.16. The lowest BCUT2D eigenvalue weighted by Gasteiger charge is -2.18. The van der Waals surface area contributed by atoms with E-state index in [4.69, 9.17) is 11.6 Å². The normalized spacial score (nSPS) is 12.4. The molecule has 2 rings (SSSR count). The van der Waals surface area contributed by atoms with E-state index < -0.39 is 0 Å². The maximum absolute atomic E-state index is 13.6. The summed E-state index contributed by atoms with van der Waals surface area (Å²) in [5.41, 5.74) is 2.92. The zero-order valence-electron chi connectivity index (χ0n) is 11.8. The monoisotopic (exact) mass is 291 g/mol. The van der Waals surface area contributed by atoms with E-state index >= 15 is 0 Å². The van der Waals surface area contributed by atoms with Crippen LogP contribution in [0.15, 0.2) is 42.5 Å². The summed E-state index contributed by atoms with van der Waals surface area (Å²) >= 11 is 6.04. The summed E-state index contributed by atoms with van der Waals surface area (Å²) in [4.78, 5) is 0. The third-order valence-corrected chi connectivity index (χ3v) is 3.55. The first-order chi connectivity index (χ1) is 9.61. The molecule has 3 heteroatoms. The Balaban J connectivity index is 2.43. The first kappa shape index (κ1) is 15.0. The van der Waals surface area contributed by atoms with Crippen molar-refractivity contribution >= 4 is 11.6 Å². The molecule has 0 fully saturated rings. The molecule has 0 radical (unpaired) electrons. The van der Waals surface area contributed by atoms with Crippen LogP contribution in [0.25, 0.3) is 11.1 Å². The van der Waals surface area contributed by atoms with Crippen molar-refractivity contribution in [3.63, 3.8) is 0 Å². The van der Waals surface area contributed by atoms with Crippen LogP contribution in [-0.4, -0.2) is 6.54 Å². The largest absolute Gasteiger partial charge is 0.310 e. The van der Waals surface area contributed by atoms with Gasteiger partial charge in [-0.25, -0.2) is 4.39 Å². The molecule has 0 amide bonds.